The Morgan fingerprint density at radius 3 is 2.50 bits per heavy atom. The van der Waals surface area contributed by atoms with E-state index >= 15 is 0 Å². The average molecular weight is 689 g/mol. The minimum Gasteiger partial charge on any atom is -0.258 e. The van der Waals surface area contributed by atoms with Crippen molar-refractivity contribution in [3.8, 4) is 0 Å². The monoisotopic (exact) mass is 688 g/mol. The first-order chi connectivity index (χ1) is 25.5. The van der Waals surface area contributed by atoms with Crippen LogP contribution in [0.15, 0.2) is 166 Å². The van der Waals surface area contributed by atoms with Crippen molar-refractivity contribution in [1.29, 1.82) is 0 Å². The molecule has 6 aromatic rings. The van der Waals surface area contributed by atoms with E-state index in [1.54, 1.807) is 0 Å². The van der Waals surface area contributed by atoms with Gasteiger partial charge in [-0.05, 0) is 103 Å². The van der Waals surface area contributed by atoms with Crippen molar-refractivity contribution in [2.45, 2.75) is 45.6 Å². The minimum atomic E-state index is -0.203. The summed E-state index contributed by atoms with van der Waals surface area (Å²) in [7, 11) is 0. The van der Waals surface area contributed by atoms with Crippen molar-refractivity contribution in [2.24, 2.45) is 21.8 Å². The van der Waals surface area contributed by atoms with Crippen LogP contribution in [-0.2, 0) is 0 Å². The van der Waals surface area contributed by atoms with Gasteiger partial charge in [0.1, 0.15) is 5.84 Å². The van der Waals surface area contributed by atoms with E-state index in [0.29, 0.717) is 5.92 Å². The predicted molar refractivity (Wildman–Crippen MR) is 223 cm³/mol. The Morgan fingerprint density at radius 1 is 0.846 bits per heavy atom. The number of fused-ring (bicyclic) bond motifs is 6. The molecular weight excluding hydrogens is 649 g/mol. The summed E-state index contributed by atoms with van der Waals surface area (Å²) in [4.78, 5) is 11.1. The fourth-order valence-corrected chi connectivity index (χ4v) is 9.68. The normalized spacial score (nSPS) is 19.2. The molecule has 2 nitrogen and oxygen atoms in total. The summed E-state index contributed by atoms with van der Waals surface area (Å²) < 4.78 is 2.64. The van der Waals surface area contributed by atoms with Crippen LogP contribution in [-0.4, -0.2) is 11.5 Å². The summed E-state index contributed by atoms with van der Waals surface area (Å²) in [6, 6.07) is 38.9. The molecular formula is C49H40N2S. The molecule has 1 saturated carbocycles. The SMILES string of the molecule is C=C(C)C(/N=C(\N=C(/C)c1ccccc1)C1CCCC2=C(C3=C=C=Cc4cc5c(cc43)sc3ccccc35)C=CCC21)c1cccc2ccccc12. The van der Waals surface area contributed by atoms with Crippen LogP contribution in [0.5, 0.6) is 0 Å². The number of rotatable bonds is 6. The lowest BCUT2D eigenvalue weighted by molar-refractivity contribution is 0.377. The second-order valence-electron chi connectivity index (χ2n) is 14.4. The molecule has 0 N–H and O–H groups in total. The molecule has 3 unspecified atom stereocenters. The lowest BCUT2D eigenvalue weighted by Crippen LogP contribution is -2.31. The van der Waals surface area contributed by atoms with Crippen molar-refractivity contribution in [2.75, 3.05) is 0 Å². The van der Waals surface area contributed by atoms with Gasteiger partial charge in [0.05, 0.1) is 6.04 Å². The number of amidine groups is 1. The van der Waals surface area contributed by atoms with E-state index in [0.717, 1.165) is 53.9 Å². The summed E-state index contributed by atoms with van der Waals surface area (Å²) in [5.74, 6) is 1.40. The lowest BCUT2D eigenvalue weighted by atomic mass is 9.68. The van der Waals surface area contributed by atoms with Gasteiger partial charge in [0.2, 0.25) is 0 Å². The van der Waals surface area contributed by atoms with Crippen molar-refractivity contribution in [3.05, 3.63) is 178 Å². The molecule has 0 amide bonds. The minimum absolute atomic E-state index is 0.174. The number of benzene rings is 5. The van der Waals surface area contributed by atoms with E-state index in [4.69, 9.17) is 9.98 Å². The smallest absolute Gasteiger partial charge is 0.128 e. The summed E-state index contributed by atoms with van der Waals surface area (Å²) in [5, 5.41) is 5.07. The molecule has 1 aromatic heterocycles. The molecule has 0 spiro atoms. The maximum absolute atomic E-state index is 5.65. The van der Waals surface area contributed by atoms with Crippen molar-refractivity contribution >= 4 is 65.5 Å². The van der Waals surface area contributed by atoms with E-state index in [9.17, 15) is 0 Å². The molecule has 9 rings (SSSR count). The molecule has 1 heterocycles. The summed E-state index contributed by atoms with van der Waals surface area (Å²) in [5.41, 5.74) is 17.7. The van der Waals surface area contributed by atoms with E-state index in [1.165, 1.54) is 58.8 Å². The van der Waals surface area contributed by atoms with Gasteiger partial charge in [-0.1, -0.05) is 132 Å². The number of hydrogen-bond donors (Lipinski definition) is 0. The van der Waals surface area contributed by atoms with Gasteiger partial charge in [-0.3, -0.25) is 4.99 Å². The molecule has 0 bridgehead atoms. The number of nitrogens with zero attached hydrogens (tertiary/aromatic N) is 2. The van der Waals surface area contributed by atoms with Crippen LogP contribution in [0, 0.1) is 11.8 Å². The van der Waals surface area contributed by atoms with Gasteiger partial charge in [0.25, 0.3) is 0 Å². The third-order valence-corrected chi connectivity index (χ3v) is 12.2. The van der Waals surface area contributed by atoms with Crippen LogP contribution < -0.4 is 0 Å². The molecule has 0 radical (unpaired) electrons. The fraction of sp³-hybridized carbons (Fsp3) is 0.184. The van der Waals surface area contributed by atoms with E-state index in [2.05, 4.69) is 159 Å². The van der Waals surface area contributed by atoms with Crippen LogP contribution in [0.2, 0.25) is 0 Å². The quantitative estimate of drug-likeness (QED) is 0.0720. The molecule has 1 fully saturated rings. The third-order valence-electron chi connectivity index (χ3n) is 11.1. The first-order valence-corrected chi connectivity index (χ1v) is 19.2. The maximum Gasteiger partial charge on any atom is 0.128 e. The Morgan fingerprint density at radius 2 is 1.63 bits per heavy atom. The van der Waals surface area contributed by atoms with Crippen molar-refractivity contribution in [3.63, 3.8) is 0 Å². The van der Waals surface area contributed by atoms with E-state index in [-0.39, 0.29) is 12.0 Å². The molecule has 252 valence electrons. The van der Waals surface area contributed by atoms with Crippen LogP contribution in [0.25, 0.3) is 42.6 Å². The zero-order chi connectivity index (χ0) is 35.2. The topological polar surface area (TPSA) is 24.7 Å². The van der Waals surface area contributed by atoms with Gasteiger partial charge >= 0.3 is 0 Å². The fourth-order valence-electron chi connectivity index (χ4n) is 8.55. The van der Waals surface area contributed by atoms with Gasteiger partial charge < -0.3 is 0 Å². The second kappa shape index (κ2) is 13.5. The Hall–Kier alpha value is -5.56. The van der Waals surface area contributed by atoms with Crippen molar-refractivity contribution < 1.29 is 0 Å². The highest BCUT2D eigenvalue weighted by atomic mass is 32.1. The number of aliphatic imine (C=N–C) groups is 2. The average Bonchev–Trinajstić information content (AvgIpc) is 3.55. The zero-order valence-electron chi connectivity index (χ0n) is 29.7. The Kier molecular flexibility index (Phi) is 8.42. The standard InChI is InChI=1S/C49H40N2S/c1-31(2)48(42-26-11-18-34-17-7-8-20-36(34)42)51-49(50-32(3)33-15-5-4-6-16-33)43-27-14-24-37-38(23-13-25-39(37)43)40-22-12-19-35-29-45-41-21-9-10-28-46(41)52-47(45)30-44(35)40/h4-11,13,15-21,23,26,28-30,39,43,48H,1,14,24-25,27H2,2-3H3/b50-32+,51-49-. The van der Waals surface area contributed by atoms with Crippen LogP contribution in [0.4, 0.5) is 0 Å². The zero-order valence-corrected chi connectivity index (χ0v) is 30.5. The molecule has 0 saturated heterocycles. The highest BCUT2D eigenvalue weighted by molar-refractivity contribution is 7.25. The molecule has 3 aliphatic rings. The first-order valence-electron chi connectivity index (χ1n) is 18.4. The first kappa shape index (κ1) is 32.4. The summed E-state index contributed by atoms with van der Waals surface area (Å²) in [6.07, 6.45) is 11.0. The van der Waals surface area contributed by atoms with E-state index in [1.807, 2.05) is 11.3 Å². The van der Waals surface area contributed by atoms with Gasteiger partial charge in [0, 0.05) is 42.9 Å². The Bertz CT molecular complexity index is 2640. The maximum atomic E-state index is 5.65. The predicted octanol–water partition coefficient (Wildman–Crippen LogP) is 13.3. The molecule has 52 heavy (non-hydrogen) atoms. The van der Waals surface area contributed by atoms with Crippen molar-refractivity contribution in [1.82, 2.24) is 0 Å². The summed E-state index contributed by atoms with van der Waals surface area (Å²) in [6.45, 7) is 8.72. The van der Waals surface area contributed by atoms with Gasteiger partial charge in [-0.25, -0.2) is 4.99 Å². The van der Waals surface area contributed by atoms with Gasteiger partial charge in [-0.2, -0.15) is 0 Å². The van der Waals surface area contributed by atoms with Gasteiger partial charge in [0.15, 0.2) is 0 Å². The number of hydrogen-bond acceptors (Lipinski definition) is 2. The number of allylic oxidation sites excluding steroid dienone is 5. The highest BCUT2D eigenvalue weighted by Crippen LogP contribution is 2.47. The van der Waals surface area contributed by atoms with Gasteiger partial charge in [-0.15, -0.1) is 11.3 Å². The largest absolute Gasteiger partial charge is 0.258 e. The van der Waals surface area contributed by atoms with Crippen LogP contribution >= 0.6 is 11.3 Å². The lowest BCUT2D eigenvalue weighted by Gasteiger charge is -2.37. The molecule has 3 atom stereocenters. The Balaban J connectivity index is 1.17. The number of thiophene rings is 1. The Labute approximate surface area is 310 Å². The second-order valence-corrected chi connectivity index (χ2v) is 15.5. The third kappa shape index (κ3) is 5.78. The van der Waals surface area contributed by atoms with Crippen LogP contribution in [0.3, 0.4) is 0 Å². The molecule has 3 heteroatoms. The summed E-state index contributed by atoms with van der Waals surface area (Å²) >= 11 is 1.87. The molecule has 5 aromatic carbocycles. The van der Waals surface area contributed by atoms with E-state index < -0.39 is 0 Å². The van der Waals surface area contributed by atoms with Crippen LogP contribution in [0.1, 0.15) is 67.8 Å². The molecule has 0 aliphatic heterocycles. The highest BCUT2D eigenvalue weighted by Gasteiger charge is 2.36. The molecule has 3 aliphatic carbocycles.